The molecule has 0 spiro atoms. The highest BCUT2D eigenvalue weighted by Crippen LogP contribution is 2.28. The molecule has 16 N–H and O–H groups in total. The number of amides is 7. The van der Waals surface area contributed by atoms with Crippen molar-refractivity contribution in [2.45, 2.75) is 119 Å². The van der Waals surface area contributed by atoms with E-state index in [1.807, 2.05) is 0 Å². The van der Waals surface area contributed by atoms with Gasteiger partial charge >= 0.3 is 0 Å². The molecule has 1 aromatic carbocycles. The average Bonchev–Trinajstić information content (AvgIpc) is 3.71. The molecule has 7 amide bonds. The van der Waals surface area contributed by atoms with Crippen LogP contribution in [0.5, 0.6) is 5.75 Å². The Morgan fingerprint density at radius 3 is 2.05 bits per heavy atom. The van der Waals surface area contributed by atoms with Gasteiger partial charge in [0.25, 0.3) is 0 Å². The normalized spacial score (nSPS) is 32.7. The molecule has 0 saturated carbocycles. The summed E-state index contributed by atoms with van der Waals surface area (Å²) in [6.45, 7) is 2.63. The monoisotopic (exact) mass is 838 g/mol. The molecule has 23 nitrogen and oxygen atoms in total. The van der Waals surface area contributed by atoms with Crippen LogP contribution in [0.2, 0.25) is 0 Å². The number of aryl methyl sites for hydroxylation is 1. The van der Waals surface area contributed by atoms with Gasteiger partial charge in [0.15, 0.2) is 0 Å². The van der Waals surface area contributed by atoms with E-state index in [4.69, 9.17) is 11.5 Å². The average molecular weight is 839 g/mol. The van der Waals surface area contributed by atoms with E-state index < -0.39 is 159 Å². The topological polar surface area (TPSA) is 388 Å². The molecule has 3 aliphatic rings. The molecule has 3 aliphatic heterocycles. The third-order valence-electron chi connectivity index (χ3n) is 10.7. The fourth-order valence-corrected chi connectivity index (χ4v) is 7.36. The number of nitrogens with one attached hydrogen (secondary N) is 4. The van der Waals surface area contributed by atoms with Crippen LogP contribution in [0.15, 0.2) is 18.2 Å². The predicted octanol–water partition coefficient (Wildman–Crippen LogP) is -7.46. The number of rotatable bonds is 7. The summed E-state index contributed by atoms with van der Waals surface area (Å²) >= 11 is 0. The number of β-amino-alcohol motifs (C(OH)–C–C–N with tert-alkyl or cyclic N) is 1. The van der Waals surface area contributed by atoms with E-state index in [-0.39, 0.29) is 23.4 Å². The summed E-state index contributed by atoms with van der Waals surface area (Å²) < 4.78 is 0. The van der Waals surface area contributed by atoms with Crippen molar-refractivity contribution >= 4 is 41.4 Å². The lowest BCUT2D eigenvalue weighted by molar-refractivity contribution is -0.148. The zero-order valence-corrected chi connectivity index (χ0v) is 32.5. The zero-order valence-electron chi connectivity index (χ0n) is 32.5. The minimum Gasteiger partial charge on any atom is -0.508 e. The van der Waals surface area contributed by atoms with Crippen LogP contribution < -0.4 is 32.7 Å². The van der Waals surface area contributed by atoms with Crippen LogP contribution in [-0.4, -0.2) is 185 Å². The highest BCUT2D eigenvalue weighted by atomic mass is 16.3. The number of hydrogen-bond acceptors (Lipinski definition) is 16. The van der Waals surface area contributed by atoms with Crippen LogP contribution >= 0.6 is 0 Å². The third-order valence-corrected chi connectivity index (χ3v) is 10.7. The first-order valence-corrected chi connectivity index (χ1v) is 18.9. The first kappa shape index (κ1) is 46.7. The molecule has 23 heteroatoms. The summed E-state index contributed by atoms with van der Waals surface area (Å²) in [6.07, 6.45) is -14.4. The Morgan fingerprint density at radius 1 is 0.831 bits per heavy atom. The number of fused-ring (bicyclic) bond motifs is 2. The van der Waals surface area contributed by atoms with Crippen LogP contribution in [0.4, 0.5) is 0 Å². The first-order valence-electron chi connectivity index (χ1n) is 18.9. The van der Waals surface area contributed by atoms with Crippen molar-refractivity contribution < 1.29 is 74.4 Å². The van der Waals surface area contributed by atoms with Crippen LogP contribution in [-0.2, 0) is 33.6 Å². The lowest BCUT2D eigenvalue weighted by Crippen LogP contribution is -2.64. The molecule has 0 radical (unpaired) electrons. The molecule has 328 valence electrons. The molecule has 3 heterocycles. The Bertz CT molecular complexity index is 1770. The van der Waals surface area contributed by atoms with Crippen molar-refractivity contribution in [3.05, 3.63) is 29.3 Å². The van der Waals surface area contributed by atoms with E-state index in [0.29, 0.717) is 0 Å². The van der Waals surface area contributed by atoms with Gasteiger partial charge in [-0.3, -0.25) is 33.6 Å². The second-order valence-electron chi connectivity index (χ2n) is 15.5. The van der Waals surface area contributed by atoms with Gasteiger partial charge in [0, 0.05) is 32.0 Å². The number of carbonyl (C=O) groups is 7. The lowest BCUT2D eigenvalue weighted by atomic mass is 9.95. The fourth-order valence-electron chi connectivity index (χ4n) is 7.36. The SMILES string of the molecule is Cc1cc([C@H](O)[C@@H](O)[C@@H]2NC(=O)[C@@H]3C[C@@H](O)CN3C(=O)[C@H]([C@@H](C)O)NC(=O)C(N)C[C@@H](O)CNC(=O)[C@@H]3[C@@H](O)[C@@H](C)CN3C(=O)[C@H]([C@H](O)CC(N)=O)NC2=O)ccc1O. The van der Waals surface area contributed by atoms with Crippen LogP contribution in [0.25, 0.3) is 0 Å². The summed E-state index contributed by atoms with van der Waals surface area (Å²) in [4.78, 5) is 96.6. The van der Waals surface area contributed by atoms with Gasteiger partial charge in [-0.25, -0.2) is 0 Å². The molecule has 3 fully saturated rings. The molecule has 0 bridgehead atoms. The van der Waals surface area contributed by atoms with Gasteiger partial charge in [0.1, 0.15) is 48.2 Å². The number of benzene rings is 1. The molecule has 14 atom stereocenters. The summed E-state index contributed by atoms with van der Waals surface area (Å²) in [5, 5.41) is 95.8. The molecule has 0 aliphatic carbocycles. The number of carbonyl (C=O) groups excluding carboxylic acids is 7. The van der Waals surface area contributed by atoms with Crippen LogP contribution in [0.3, 0.4) is 0 Å². The second kappa shape index (κ2) is 19.4. The summed E-state index contributed by atoms with van der Waals surface area (Å²) in [5.74, 6) is -9.22. The van der Waals surface area contributed by atoms with Crippen molar-refractivity contribution in [1.82, 2.24) is 31.1 Å². The molecular formula is C36H54N8O15. The van der Waals surface area contributed by atoms with E-state index in [9.17, 15) is 74.4 Å². The Morgan fingerprint density at radius 2 is 1.44 bits per heavy atom. The molecule has 4 rings (SSSR count). The fraction of sp³-hybridized carbons (Fsp3) is 0.639. The van der Waals surface area contributed by atoms with Gasteiger partial charge in [0.2, 0.25) is 41.4 Å². The van der Waals surface area contributed by atoms with E-state index in [1.165, 1.54) is 32.0 Å². The summed E-state index contributed by atoms with van der Waals surface area (Å²) in [6, 6.07) is -7.51. The zero-order chi connectivity index (χ0) is 44.2. The molecule has 1 aromatic rings. The van der Waals surface area contributed by atoms with E-state index in [2.05, 4.69) is 21.3 Å². The Hall–Kier alpha value is -5.01. The molecule has 3 saturated heterocycles. The Balaban J connectivity index is 1.84. The van der Waals surface area contributed by atoms with Crippen molar-refractivity contribution in [2.24, 2.45) is 17.4 Å². The minimum atomic E-state index is -2.31. The Labute approximate surface area is 337 Å². The van der Waals surface area contributed by atoms with Gasteiger partial charge < -0.3 is 83.4 Å². The Kier molecular flexibility index (Phi) is 15.3. The number of aliphatic hydroxyl groups is 7. The smallest absolute Gasteiger partial charge is 0.248 e. The number of nitrogens with two attached hydrogens (primary N) is 2. The maximum Gasteiger partial charge on any atom is 0.248 e. The summed E-state index contributed by atoms with van der Waals surface area (Å²) in [5.41, 5.74) is 11.4. The molecule has 59 heavy (non-hydrogen) atoms. The number of phenols is 1. The number of phenolic OH excluding ortho intramolecular Hbond substituents is 1. The van der Waals surface area contributed by atoms with Gasteiger partial charge in [0.05, 0.1) is 43.0 Å². The van der Waals surface area contributed by atoms with Gasteiger partial charge in [-0.15, -0.1) is 0 Å². The minimum absolute atomic E-state index is 0.0700. The standard InChI is InChI=1S/C36H54N8O15/c1-13-6-16(4-5-21(13)48)29(52)30(53)26-33(56)41-25(22(49)9-23(38)50)36(59)44-11-14(2)28(51)27(44)34(57)39-10-17(46)7-19(37)31(54)40-24(15(3)45)35(58)43-12-18(47)8-20(43)32(55)42-26/h4-6,14-15,17-20,22,24-30,45-49,51-53H,7-12,37H2,1-3H3,(H2,38,50)(H,39,57)(H,40,54)(H,41,56)(H,42,55)/t14-,15+,17+,18+,19?,20-,22+,24-,25-,26-,27-,28-,29-,30-/m0/s1. The van der Waals surface area contributed by atoms with Crippen LogP contribution in [0, 0.1) is 12.8 Å². The molecule has 0 aromatic heterocycles. The number of aromatic hydroxyl groups is 1. The van der Waals surface area contributed by atoms with E-state index in [1.54, 1.807) is 0 Å². The molecular weight excluding hydrogens is 784 g/mol. The number of primary amides is 1. The maximum absolute atomic E-state index is 14.3. The predicted molar refractivity (Wildman–Crippen MR) is 200 cm³/mol. The van der Waals surface area contributed by atoms with Crippen molar-refractivity contribution in [3.8, 4) is 5.75 Å². The van der Waals surface area contributed by atoms with Gasteiger partial charge in [-0.1, -0.05) is 13.0 Å². The number of aliphatic hydroxyl groups excluding tert-OH is 7. The maximum atomic E-state index is 14.3. The quantitative estimate of drug-likeness (QED) is 0.121. The van der Waals surface area contributed by atoms with E-state index in [0.717, 1.165) is 16.7 Å². The van der Waals surface area contributed by atoms with Crippen LogP contribution in [0.1, 0.15) is 50.3 Å². The van der Waals surface area contributed by atoms with Crippen molar-refractivity contribution in [3.63, 3.8) is 0 Å². The highest BCUT2D eigenvalue weighted by Gasteiger charge is 2.50. The third kappa shape index (κ3) is 10.8. The first-order chi connectivity index (χ1) is 27.5. The number of hydrogen-bond donors (Lipinski definition) is 14. The van der Waals surface area contributed by atoms with Gasteiger partial charge in [-0.05, 0) is 43.5 Å². The lowest BCUT2D eigenvalue weighted by Gasteiger charge is -2.34. The summed E-state index contributed by atoms with van der Waals surface area (Å²) in [7, 11) is 0. The van der Waals surface area contributed by atoms with Crippen molar-refractivity contribution in [1.29, 1.82) is 0 Å². The van der Waals surface area contributed by atoms with E-state index >= 15 is 0 Å². The number of nitrogens with zero attached hydrogens (tertiary/aromatic N) is 2. The molecule has 1 unspecified atom stereocenters. The van der Waals surface area contributed by atoms with Crippen molar-refractivity contribution in [2.75, 3.05) is 19.6 Å². The van der Waals surface area contributed by atoms with Gasteiger partial charge in [-0.2, -0.15) is 0 Å². The largest absolute Gasteiger partial charge is 0.508 e. The second-order valence-corrected chi connectivity index (χ2v) is 15.5. The highest BCUT2D eigenvalue weighted by molar-refractivity contribution is 5.98.